The van der Waals surface area contributed by atoms with Crippen LogP contribution in [0, 0.1) is 11.6 Å². The van der Waals surface area contributed by atoms with Crippen molar-refractivity contribution in [3.8, 4) is 5.75 Å². The van der Waals surface area contributed by atoms with Crippen LogP contribution in [0.3, 0.4) is 0 Å². The van der Waals surface area contributed by atoms with Crippen LogP contribution >= 0.6 is 39.9 Å². The fraction of sp³-hybridized carbons (Fsp3) is 0.0435. The van der Waals surface area contributed by atoms with E-state index in [0.29, 0.717) is 26.2 Å². The minimum atomic E-state index is -0.445. The van der Waals surface area contributed by atoms with Crippen LogP contribution in [0.4, 0.5) is 14.5 Å². The van der Waals surface area contributed by atoms with Gasteiger partial charge < -0.3 is 4.74 Å². The number of anilines is 1. The second-order valence-electron chi connectivity index (χ2n) is 6.59. The summed E-state index contributed by atoms with van der Waals surface area (Å²) in [4.78, 5) is 14.7. The number of benzene rings is 3. The average molecular weight is 518 g/mol. The molecular weight excluding hydrogens is 504 g/mol. The predicted molar refractivity (Wildman–Crippen MR) is 127 cm³/mol. The maximum absolute atomic E-state index is 13.6. The third-order valence-electron chi connectivity index (χ3n) is 4.43. The standard InChI is InChI=1S/C23H14BrF2NO2S2/c24-16-6-9-20(29-13-14-4-7-17(25)8-5-14)15(10-16)11-21-22(28)27(23(30)31-21)19-3-1-2-18(26)12-19/h1-12H,13H2/b21-11+. The highest BCUT2D eigenvalue weighted by Crippen LogP contribution is 2.38. The number of hydrogen-bond donors (Lipinski definition) is 0. The first-order chi connectivity index (χ1) is 14.9. The van der Waals surface area contributed by atoms with Gasteiger partial charge in [-0.15, -0.1) is 0 Å². The maximum atomic E-state index is 13.6. The zero-order valence-corrected chi connectivity index (χ0v) is 19.1. The van der Waals surface area contributed by atoms with E-state index in [-0.39, 0.29) is 18.3 Å². The molecule has 3 nitrogen and oxygen atoms in total. The van der Waals surface area contributed by atoms with E-state index >= 15 is 0 Å². The molecule has 3 aromatic rings. The molecule has 1 fully saturated rings. The molecule has 0 aliphatic carbocycles. The van der Waals surface area contributed by atoms with E-state index in [2.05, 4.69) is 15.9 Å². The van der Waals surface area contributed by atoms with Crippen molar-refractivity contribution in [3.63, 3.8) is 0 Å². The molecule has 0 bridgehead atoms. The number of nitrogens with zero attached hydrogens (tertiary/aromatic N) is 1. The molecule has 0 N–H and O–H groups in total. The second-order valence-corrected chi connectivity index (χ2v) is 9.19. The first-order valence-electron chi connectivity index (χ1n) is 9.11. The molecule has 0 saturated carbocycles. The van der Waals surface area contributed by atoms with E-state index < -0.39 is 5.82 Å². The summed E-state index contributed by atoms with van der Waals surface area (Å²) in [5.74, 6) is -0.527. The summed E-state index contributed by atoms with van der Waals surface area (Å²) in [6.07, 6.45) is 1.70. The summed E-state index contributed by atoms with van der Waals surface area (Å²) in [7, 11) is 0. The molecule has 31 heavy (non-hydrogen) atoms. The van der Waals surface area contributed by atoms with E-state index in [1.54, 1.807) is 30.3 Å². The van der Waals surface area contributed by atoms with Crippen molar-refractivity contribution in [1.29, 1.82) is 0 Å². The Bertz CT molecular complexity index is 1200. The van der Waals surface area contributed by atoms with Crippen molar-refractivity contribution in [2.75, 3.05) is 4.90 Å². The van der Waals surface area contributed by atoms with Crippen molar-refractivity contribution in [2.24, 2.45) is 0 Å². The quantitative estimate of drug-likeness (QED) is 0.277. The number of thioether (sulfide) groups is 1. The number of carbonyl (C=O) groups excluding carboxylic acids is 1. The Morgan fingerprint density at radius 3 is 2.55 bits per heavy atom. The van der Waals surface area contributed by atoms with Crippen LogP contribution in [-0.4, -0.2) is 10.2 Å². The van der Waals surface area contributed by atoms with Gasteiger partial charge in [-0.05, 0) is 60.2 Å². The highest BCUT2D eigenvalue weighted by molar-refractivity contribution is 9.10. The van der Waals surface area contributed by atoms with Gasteiger partial charge in [0.2, 0.25) is 0 Å². The van der Waals surface area contributed by atoms with Crippen molar-refractivity contribution in [3.05, 3.63) is 98.9 Å². The van der Waals surface area contributed by atoms with Crippen molar-refractivity contribution < 1.29 is 18.3 Å². The minimum absolute atomic E-state index is 0.243. The molecular formula is C23H14BrF2NO2S2. The maximum Gasteiger partial charge on any atom is 0.270 e. The normalized spacial score (nSPS) is 15.1. The molecule has 1 aliphatic heterocycles. The Morgan fingerprint density at radius 1 is 1.03 bits per heavy atom. The summed E-state index contributed by atoms with van der Waals surface area (Å²) < 4.78 is 33.8. The number of hydrogen-bond acceptors (Lipinski definition) is 4. The Balaban J connectivity index is 1.60. The van der Waals surface area contributed by atoms with Gasteiger partial charge in [-0.3, -0.25) is 9.69 Å². The van der Waals surface area contributed by atoms with E-state index in [4.69, 9.17) is 17.0 Å². The van der Waals surface area contributed by atoms with Crippen LogP contribution < -0.4 is 9.64 Å². The fourth-order valence-corrected chi connectivity index (χ4v) is 4.62. The zero-order chi connectivity index (χ0) is 22.0. The Labute approximate surface area is 195 Å². The molecule has 1 saturated heterocycles. The summed E-state index contributed by atoms with van der Waals surface area (Å²) in [6, 6.07) is 17.2. The third kappa shape index (κ3) is 5.03. The molecule has 1 aliphatic rings. The van der Waals surface area contributed by atoms with Crippen LogP contribution in [-0.2, 0) is 11.4 Å². The first-order valence-corrected chi connectivity index (χ1v) is 11.1. The molecule has 1 heterocycles. The summed E-state index contributed by atoms with van der Waals surface area (Å²) in [5, 5.41) is 0. The fourth-order valence-electron chi connectivity index (χ4n) is 2.95. The lowest BCUT2D eigenvalue weighted by atomic mass is 10.1. The average Bonchev–Trinajstić information content (AvgIpc) is 3.01. The molecule has 156 valence electrons. The molecule has 0 unspecified atom stereocenters. The van der Waals surface area contributed by atoms with Gasteiger partial charge >= 0.3 is 0 Å². The molecule has 3 aromatic carbocycles. The van der Waals surface area contributed by atoms with Crippen molar-refractivity contribution in [1.82, 2.24) is 0 Å². The lowest BCUT2D eigenvalue weighted by Gasteiger charge is -2.14. The molecule has 8 heteroatoms. The number of rotatable bonds is 5. The molecule has 1 amide bonds. The smallest absolute Gasteiger partial charge is 0.270 e. The van der Waals surface area contributed by atoms with Crippen LogP contribution in [0.1, 0.15) is 11.1 Å². The van der Waals surface area contributed by atoms with E-state index in [0.717, 1.165) is 21.8 Å². The van der Waals surface area contributed by atoms with E-state index in [1.807, 2.05) is 12.1 Å². The van der Waals surface area contributed by atoms with Gasteiger partial charge in [-0.1, -0.05) is 58.1 Å². The van der Waals surface area contributed by atoms with Gasteiger partial charge in [0.1, 0.15) is 24.0 Å². The Morgan fingerprint density at radius 2 is 1.81 bits per heavy atom. The minimum Gasteiger partial charge on any atom is -0.488 e. The molecule has 0 atom stereocenters. The van der Waals surface area contributed by atoms with Gasteiger partial charge in [-0.2, -0.15) is 0 Å². The molecule has 4 rings (SSSR count). The first kappa shape index (κ1) is 21.7. The van der Waals surface area contributed by atoms with Gasteiger partial charge in [0.25, 0.3) is 5.91 Å². The predicted octanol–water partition coefficient (Wildman–Crippen LogP) is 6.71. The van der Waals surface area contributed by atoms with Crippen LogP contribution in [0.15, 0.2) is 76.1 Å². The third-order valence-corrected chi connectivity index (χ3v) is 6.22. The summed E-state index contributed by atoms with van der Waals surface area (Å²) in [6.45, 7) is 0.243. The largest absolute Gasteiger partial charge is 0.488 e. The number of thiocarbonyl (C=S) groups is 1. The van der Waals surface area contributed by atoms with E-state index in [9.17, 15) is 13.6 Å². The molecule has 0 spiro atoms. The highest BCUT2D eigenvalue weighted by atomic mass is 79.9. The lowest BCUT2D eigenvalue weighted by molar-refractivity contribution is -0.113. The molecule has 0 aromatic heterocycles. The van der Waals surface area contributed by atoms with Gasteiger partial charge in [0.05, 0.1) is 10.6 Å². The zero-order valence-electron chi connectivity index (χ0n) is 15.8. The van der Waals surface area contributed by atoms with E-state index in [1.165, 1.54) is 35.2 Å². The SMILES string of the molecule is O=C1/C(=C\c2cc(Br)ccc2OCc2ccc(F)cc2)SC(=S)N1c1cccc(F)c1. The number of carbonyl (C=O) groups is 1. The Kier molecular flexibility index (Phi) is 6.50. The number of halogens is 3. The van der Waals surface area contributed by atoms with Gasteiger partial charge in [0, 0.05) is 10.0 Å². The van der Waals surface area contributed by atoms with Crippen molar-refractivity contribution >= 4 is 61.9 Å². The summed E-state index contributed by atoms with van der Waals surface area (Å²) >= 11 is 9.93. The van der Waals surface area contributed by atoms with Crippen molar-refractivity contribution in [2.45, 2.75) is 6.61 Å². The van der Waals surface area contributed by atoms with Gasteiger partial charge in [-0.25, -0.2) is 8.78 Å². The van der Waals surface area contributed by atoms with Gasteiger partial charge in [0.15, 0.2) is 4.32 Å². The second kappa shape index (κ2) is 9.30. The number of amides is 1. The monoisotopic (exact) mass is 517 g/mol. The van der Waals surface area contributed by atoms with Crippen LogP contribution in [0.25, 0.3) is 6.08 Å². The topological polar surface area (TPSA) is 29.5 Å². The van der Waals surface area contributed by atoms with Crippen LogP contribution in [0.2, 0.25) is 0 Å². The van der Waals surface area contributed by atoms with Crippen LogP contribution in [0.5, 0.6) is 5.75 Å². The molecule has 0 radical (unpaired) electrons. The highest BCUT2D eigenvalue weighted by Gasteiger charge is 2.33. The summed E-state index contributed by atoms with van der Waals surface area (Å²) in [5.41, 5.74) is 1.87. The lowest BCUT2D eigenvalue weighted by Crippen LogP contribution is -2.27. The Hall–Kier alpha value is -2.55. The number of ether oxygens (including phenoxy) is 1.